The van der Waals surface area contributed by atoms with E-state index in [2.05, 4.69) is 20.2 Å². The maximum atomic E-state index is 13.9. The molecule has 4 heterocycles. The Morgan fingerprint density at radius 2 is 1.84 bits per heavy atom. The first-order chi connectivity index (χ1) is 18.4. The Hall–Kier alpha value is -3.44. The zero-order chi connectivity index (χ0) is 26.5. The quantitative estimate of drug-likeness (QED) is 0.477. The molecule has 0 saturated carbocycles. The van der Waals surface area contributed by atoms with Crippen LogP contribution in [-0.4, -0.2) is 84.2 Å². The topological polar surface area (TPSA) is 92.7 Å². The number of pyridine rings is 1. The van der Waals surface area contributed by atoms with Gasteiger partial charge in [0.15, 0.2) is 0 Å². The number of rotatable bonds is 8. The number of halogens is 2. The zero-order valence-corrected chi connectivity index (χ0v) is 21.4. The minimum absolute atomic E-state index is 0.212. The highest BCUT2D eigenvalue weighted by Crippen LogP contribution is 2.32. The molecule has 202 valence electrons. The van der Waals surface area contributed by atoms with Crippen molar-refractivity contribution < 1.29 is 23.0 Å². The van der Waals surface area contributed by atoms with Crippen molar-refractivity contribution in [3.05, 3.63) is 53.9 Å². The van der Waals surface area contributed by atoms with Crippen LogP contribution in [0.3, 0.4) is 0 Å². The minimum Gasteiger partial charge on any atom is -0.464 e. The van der Waals surface area contributed by atoms with Crippen LogP contribution in [0.2, 0.25) is 0 Å². The maximum Gasteiger partial charge on any atom is 0.316 e. The number of likely N-dealkylation sites (tertiary alicyclic amines) is 1. The average molecular weight is 527 g/mol. The van der Waals surface area contributed by atoms with Gasteiger partial charge in [0.2, 0.25) is 0 Å². The molecule has 2 aromatic heterocycles. The third-order valence-corrected chi connectivity index (χ3v) is 7.03. The van der Waals surface area contributed by atoms with Gasteiger partial charge in [-0.1, -0.05) is 6.07 Å². The molecular weight excluding hydrogens is 494 g/mol. The second-order valence-electron chi connectivity index (χ2n) is 9.49. The standard InChI is InChI=1S/C27H32F2N6O3/c1-2-38-26-31-16-19(17-32-26)23(34-10-8-27(28,29)9-11-34)18-30-25(36)21-4-3-5-22-20(21)6-7-24(33-22)35-12-14-37-15-13-35/h3-7,16-17,23H,2,8-15,18H2,1H3,(H,30,36). The highest BCUT2D eigenvalue weighted by atomic mass is 19.3. The smallest absolute Gasteiger partial charge is 0.316 e. The van der Waals surface area contributed by atoms with Gasteiger partial charge in [-0.15, -0.1) is 0 Å². The number of hydrogen-bond acceptors (Lipinski definition) is 8. The number of fused-ring (bicyclic) bond motifs is 1. The molecule has 0 aliphatic carbocycles. The van der Waals surface area contributed by atoms with Gasteiger partial charge in [-0.25, -0.2) is 23.7 Å². The molecule has 11 heteroatoms. The molecule has 5 rings (SSSR count). The first-order valence-corrected chi connectivity index (χ1v) is 13.0. The monoisotopic (exact) mass is 526 g/mol. The van der Waals surface area contributed by atoms with Gasteiger partial charge in [-0.2, -0.15) is 0 Å². The lowest BCUT2D eigenvalue weighted by molar-refractivity contribution is -0.0632. The largest absolute Gasteiger partial charge is 0.464 e. The molecule has 2 aliphatic heterocycles. The maximum absolute atomic E-state index is 13.9. The number of anilines is 1. The summed E-state index contributed by atoms with van der Waals surface area (Å²) in [5.74, 6) is -2.07. The summed E-state index contributed by atoms with van der Waals surface area (Å²) in [7, 11) is 0. The second kappa shape index (κ2) is 11.5. The van der Waals surface area contributed by atoms with Crippen LogP contribution in [0.1, 0.15) is 41.7 Å². The molecule has 1 aromatic carbocycles. The fourth-order valence-electron chi connectivity index (χ4n) is 4.92. The number of alkyl halides is 2. The third kappa shape index (κ3) is 5.99. The first-order valence-electron chi connectivity index (χ1n) is 13.0. The van der Waals surface area contributed by atoms with Crippen LogP contribution < -0.4 is 15.0 Å². The van der Waals surface area contributed by atoms with Gasteiger partial charge in [0.05, 0.1) is 31.4 Å². The fraction of sp³-hybridized carbons (Fsp3) is 0.481. The van der Waals surface area contributed by atoms with Crippen molar-refractivity contribution in [1.82, 2.24) is 25.2 Å². The molecule has 3 aromatic rings. The number of ether oxygens (including phenoxy) is 2. The van der Waals surface area contributed by atoms with Crippen molar-refractivity contribution in [2.45, 2.75) is 31.7 Å². The van der Waals surface area contributed by atoms with E-state index in [-0.39, 0.29) is 50.4 Å². The van der Waals surface area contributed by atoms with Gasteiger partial charge in [-0.3, -0.25) is 9.69 Å². The van der Waals surface area contributed by atoms with E-state index in [4.69, 9.17) is 14.5 Å². The number of carbonyl (C=O) groups is 1. The van der Waals surface area contributed by atoms with Crippen LogP contribution in [0.4, 0.5) is 14.6 Å². The number of nitrogens with zero attached hydrogens (tertiary/aromatic N) is 5. The van der Waals surface area contributed by atoms with E-state index in [1.54, 1.807) is 18.5 Å². The highest BCUT2D eigenvalue weighted by Gasteiger charge is 2.37. The predicted molar refractivity (Wildman–Crippen MR) is 139 cm³/mol. The van der Waals surface area contributed by atoms with Gasteiger partial charge >= 0.3 is 6.01 Å². The van der Waals surface area contributed by atoms with Crippen molar-refractivity contribution in [3.8, 4) is 6.01 Å². The van der Waals surface area contributed by atoms with Gasteiger partial charge in [0.25, 0.3) is 11.8 Å². The number of carbonyl (C=O) groups excluding carboxylic acids is 1. The summed E-state index contributed by atoms with van der Waals surface area (Å²) in [5.41, 5.74) is 1.97. The van der Waals surface area contributed by atoms with E-state index in [1.165, 1.54) is 0 Å². The van der Waals surface area contributed by atoms with Gasteiger partial charge in [0, 0.05) is 74.5 Å². The minimum atomic E-state index is -2.67. The van der Waals surface area contributed by atoms with Gasteiger partial charge in [-0.05, 0) is 31.2 Å². The third-order valence-electron chi connectivity index (χ3n) is 7.03. The number of aromatic nitrogens is 3. The summed E-state index contributed by atoms with van der Waals surface area (Å²) in [6, 6.07) is 9.23. The summed E-state index contributed by atoms with van der Waals surface area (Å²) in [6.45, 7) is 5.80. The number of piperidine rings is 1. The number of hydrogen-bond donors (Lipinski definition) is 1. The number of amides is 1. The first kappa shape index (κ1) is 26.2. The summed E-state index contributed by atoms with van der Waals surface area (Å²) in [6.07, 6.45) is 2.82. The molecule has 2 fully saturated rings. The van der Waals surface area contributed by atoms with Crippen LogP contribution in [-0.2, 0) is 4.74 Å². The number of benzene rings is 1. The Kier molecular flexibility index (Phi) is 7.94. The zero-order valence-electron chi connectivity index (χ0n) is 21.4. The molecule has 38 heavy (non-hydrogen) atoms. The Morgan fingerprint density at radius 3 is 2.55 bits per heavy atom. The van der Waals surface area contributed by atoms with E-state index in [0.29, 0.717) is 25.4 Å². The van der Waals surface area contributed by atoms with Crippen LogP contribution in [0, 0.1) is 0 Å². The Bertz CT molecular complexity index is 1240. The normalized spacial score (nSPS) is 18.8. The fourth-order valence-corrected chi connectivity index (χ4v) is 4.92. The highest BCUT2D eigenvalue weighted by molar-refractivity contribution is 6.06. The summed E-state index contributed by atoms with van der Waals surface area (Å²) < 4.78 is 38.5. The molecular formula is C27H32F2N6O3. The number of nitrogens with one attached hydrogen (secondary N) is 1. The summed E-state index contributed by atoms with van der Waals surface area (Å²) >= 11 is 0. The molecule has 2 saturated heterocycles. The predicted octanol–water partition coefficient (Wildman–Crippen LogP) is 3.46. The Balaban J connectivity index is 1.34. The average Bonchev–Trinajstić information content (AvgIpc) is 2.94. The lowest BCUT2D eigenvalue weighted by atomic mass is 10.0. The lowest BCUT2D eigenvalue weighted by Crippen LogP contribution is -2.45. The molecule has 9 nitrogen and oxygen atoms in total. The summed E-state index contributed by atoms with van der Waals surface area (Å²) in [4.78, 5) is 30.7. The lowest BCUT2D eigenvalue weighted by Gasteiger charge is -2.37. The van der Waals surface area contributed by atoms with Crippen LogP contribution in [0.25, 0.3) is 10.9 Å². The van der Waals surface area contributed by atoms with E-state index >= 15 is 0 Å². The van der Waals surface area contributed by atoms with Crippen molar-refractivity contribution in [1.29, 1.82) is 0 Å². The van der Waals surface area contributed by atoms with Crippen molar-refractivity contribution in [3.63, 3.8) is 0 Å². The van der Waals surface area contributed by atoms with E-state index in [0.717, 1.165) is 35.4 Å². The Labute approximate surface area is 220 Å². The van der Waals surface area contributed by atoms with Gasteiger partial charge < -0.3 is 19.7 Å². The molecule has 2 aliphatic rings. The molecule has 1 N–H and O–H groups in total. The molecule has 1 amide bonds. The molecule has 0 spiro atoms. The van der Waals surface area contributed by atoms with Crippen molar-refractivity contribution in [2.24, 2.45) is 0 Å². The van der Waals surface area contributed by atoms with Crippen LogP contribution in [0.5, 0.6) is 6.01 Å². The Morgan fingerprint density at radius 1 is 1.11 bits per heavy atom. The SMILES string of the molecule is CCOc1ncc(C(CNC(=O)c2cccc3nc(N4CCOCC4)ccc23)N2CCC(F)(F)CC2)cn1. The second-order valence-corrected chi connectivity index (χ2v) is 9.49. The van der Waals surface area contributed by atoms with Crippen LogP contribution in [0.15, 0.2) is 42.7 Å². The van der Waals surface area contributed by atoms with E-state index < -0.39 is 5.92 Å². The van der Waals surface area contributed by atoms with Crippen molar-refractivity contribution >= 4 is 22.6 Å². The molecule has 0 radical (unpaired) electrons. The number of morpholine rings is 1. The summed E-state index contributed by atoms with van der Waals surface area (Å²) in [5, 5.41) is 3.77. The van der Waals surface area contributed by atoms with E-state index in [9.17, 15) is 13.6 Å². The van der Waals surface area contributed by atoms with Crippen LogP contribution >= 0.6 is 0 Å². The molecule has 1 atom stereocenters. The van der Waals surface area contributed by atoms with Gasteiger partial charge in [0.1, 0.15) is 5.82 Å². The molecule has 1 unspecified atom stereocenters. The molecule has 0 bridgehead atoms. The van der Waals surface area contributed by atoms with Crippen molar-refractivity contribution in [2.75, 3.05) is 57.4 Å². The van der Waals surface area contributed by atoms with E-state index in [1.807, 2.05) is 36.1 Å².